The van der Waals surface area contributed by atoms with Crippen LogP contribution in [0.1, 0.15) is 25.3 Å². The molecule has 2 aliphatic heterocycles. The molecule has 9 nitrogen and oxygen atoms in total. The number of amides is 1. The van der Waals surface area contributed by atoms with E-state index < -0.39 is 41.1 Å². The summed E-state index contributed by atoms with van der Waals surface area (Å²) in [6.45, 7) is 2.42. The third-order valence-electron chi connectivity index (χ3n) is 5.79. The Bertz CT molecular complexity index is 792. The van der Waals surface area contributed by atoms with Crippen molar-refractivity contribution in [3.05, 3.63) is 35.4 Å². The van der Waals surface area contributed by atoms with Gasteiger partial charge in [0.15, 0.2) is 0 Å². The van der Waals surface area contributed by atoms with E-state index in [1.807, 2.05) is 4.90 Å². The maximum absolute atomic E-state index is 13.8. The number of rotatable bonds is 5. The summed E-state index contributed by atoms with van der Waals surface area (Å²) >= 11 is 0. The van der Waals surface area contributed by atoms with Crippen molar-refractivity contribution in [1.82, 2.24) is 9.80 Å². The normalized spacial score (nSPS) is 23.3. The molecule has 1 amide bonds. The maximum Gasteiger partial charge on any atom is 0.355 e. The Morgan fingerprint density at radius 2 is 1.80 bits per heavy atom. The van der Waals surface area contributed by atoms with Crippen molar-refractivity contribution >= 4 is 5.91 Å². The molecule has 1 spiro atoms. The Hall–Kier alpha value is -1.73. The highest BCUT2D eigenvalue weighted by atomic mass is 19.1. The Balaban J connectivity index is 1.65. The number of hydrogen-bond acceptors (Lipinski definition) is 8. The van der Waals surface area contributed by atoms with Crippen LogP contribution in [0, 0.1) is 11.6 Å². The van der Waals surface area contributed by atoms with E-state index in [1.165, 1.54) is 6.92 Å². The van der Waals surface area contributed by atoms with Crippen molar-refractivity contribution in [2.45, 2.75) is 49.8 Å². The summed E-state index contributed by atoms with van der Waals surface area (Å²) in [6, 6.07) is 3.29. The zero-order chi connectivity index (χ0) is 22.3. The van der Waals surface area contributed by atoms with E-state index in [0.717, 1.165) is 18.2 Å². The topological polar surface area (TPSA) is 134 Å². The Morgan fingerprint density at radius 1 is 1.17 bits per heavy atom. The lowest BCUT2D eigenvalue weighted by molar-refractivity contribution is -0.484. The van der Waals surface area contributed by atoms with Crippen LogP contribution in [0.5, 0.6) is 0 Å². The van der Waals surface area contributed by atoms with Crippen LogP contribution < -0.4 is 0 Å². The zero-order valence-electron chi connectivity index (χ0n) is 16.5. The molecule has 30 heavy (non-hydrogen) atoms. The van der Waals surface area contributed by atoms with Crippen molar-refractivity contribution in [2.75, 3.05) is 26.2 Å². The van der Waals surface area contributed by atoms with Gasteiger partial charge in [-0.2, -0.15) is 0 Å². The van der Waals surface area contributed by atoms with Gasteiger partial charge in [-0.05, 0) is 49.9 Å². The summed E-state index contributed by atoms with van der Waals surface area (Å²) in [6.07, 6.45) is -0.0830. The molecule has 1 aromatic rings. The molecular formula is C19H26F2N2O7. The zero-order valence-corrected chi connectivity index (χ0v) is 16.5. The molecule has 0 aliphatic carbocycles. The fraction of sp³-hybridized carbons (Fsp3) is 0.632. The highest BCUT2D eigenvalue weighted by molar-refractivity contribution is 5.82. The van der Waals surface area contributed by atoms with Gasteiger partial charge in [0, 0.05) is 19.6 Å². The summed E-state index contributed by atoms with van der Waals surface area (Å²) in [5, 5.41) is 47.7. The number of aliphatic hydroxyl groups is 5. The molecule has 1 atom stereocenters. The molecule has 0 radical (unpaired) electrons. The second-order valence-corrected chi connectivity index (χ2v) is 7.97. The van der Waals surface area contributed by atoms with Crippen molar-refractivity contribution in [1.29, 1.82) is 0 Å². The first-order valence-corrected chi connectivity index (χ1v) is 9.62. The molecule has 0 unspecified atom stereocenters. The second kappa shape index (κ2) is 8.08. The van der Waals surface area contributed by atoms with Gasteiger partial charge in [-0.1, -0.05) is 0 Å². The van der Waals surface area contributed by atoms with Crippen molar-refractivity contribution in [2.24, 2.45) is 0 Å². The molecule has 11 heteroatoms. The molecule has 168 valence electrons. The van der Waals surface area contributed by atoms with Gasteiger partial charge >= 0.3 is 11.9 Å². The highest BCUT2D eigenvalue weighted by Crippen LogP contribution is 2.36. The minimum atomic E-state index is -3.95. The summed E-state index contributed by atoms with van der Waals surface area (Å²) in [5.41, 5.74) is -0.722. The molecule has 0 aromatic heterocycles. The number of benzene rings is 1. The van der Waals surface area contributed by atoms with Crippen LogP contribution in [-0.4, -0.2) is 91.0 Å². The van der Waals surface area contributed by atoms with Crippen LogP contribution in [0.4, 0.5) is 8.78 Å². The van der Waals surface area contributed by atoms with Gasteiger partial charge in [0.1, 0.15) is 17.7 Å². The van der Waals surface area contributed by atoms with Gasteiger partial charge in [-0.15, -0.1) is 0 Å². The first kappa shape index (κ1) is 22.9. The number of nitrogens with zero attached hydrogens (tertiary/aromatic N) is 2. The van der Waals surface area contributed by atoms with Gasteiger partial charge in [0.2, 0.25) is 0 Å². The smallest absolute Gasteiger partial charge is 0.355 e. The van der Waals surface area contributed by atoms with Gasteiger partial charge < -0.3 is 35.2 Å². The van der Waals surface area contributed by atoms with Crippen molar-refractivity contribution in [3.8, 4) is 0 Å². The molecular weight excluding hydrogens is 406 g/mol. The number of carbonyl (C=O) groups excluding carboxylic acids is 1. The predicted octanol–water partition coefficient (Wildman–Crippen LogP) is -1.14. The lowest BCUT2D eigenvalue weighted by Crippen LogP contribution is -2.73. The highest BCUT2D eigenvalue weighted by Gasteiger charge is 2.59. The quantitative estimate of drug-likeness (QED) is 0.369. The van der Waals surface area contributed by atoms with Crippen molar-refractivity contribution in [3.63, 3.8) is 0 Å². The number of morpholine rings is 1. The summed E-state index contributed by atoms with van der Waals surface area (Å²) in [7, 11) is 0. The fourth-order valence-corrected chi connectivity index (χ4v) is 3.97. The molecule has 0 bridgehead atoms. The van der Waals surface area contributed by atoms with Crippen LogP contribution in [0.2, 0.25) is 0 Å². The van der Waals surface area contributed by atoms with E-state index in [4.69, 9.17) is 4.74 Å². The number of halogens is 2. The second-order valence-electron chi connectivity index (χ2n) is 7.97. The summed E-state index contributed by atoms with van der Waals surface area (Å²) in [5.74, 6) is -9.48. The fourth-order valence-electron chi connectivity index (χ4n) is 3.97. The molecule has 3 rings (SSSR count). The Morgan fingerprint density at radius 3 is 2.40 bits per heavy atom. The molecule has 2 aliphatic rings. The minimum Gasteiger partial charge on any atom is -0.360 e. The summed E-state index contributed by atoms with van der Waals surface area (Å²) < 4.78 is 32.9. The Kier molecular flexibility index (Phi) is 6.18. The predicted molar refractivity (Wildman–Crippen MR) is 97.3 cm³/mol. The molecule has 2 heterocycles. The number of carbonyl (C=O) groups is 1. The lowest BCUT2D eigenvalue weighted by atomic mass is 9.88. The lowest BCUT2D eigenvalue weighted by Gasteiger charge is -2.52. The monoisotopic (exact) mass is 432 g/mol. The Labute approximate surface area is 171 Å². The number of ether oxygens (including phenoxy) is 1. The van der Waals surface area contributed by atoms with Crippen LogP contribution in [0.15, 0.2) is 18.2 Å². The average molecular weight is 432 g/mol. The van der Waals surface area contributed by atoms with E-state index in [0.29, 0.717) is 43.8 Å². The van der Waals surface area contributed by atoms with E-state index in [2.05, 4.69) is 0 Å². The van der Waals surface area contributed by atoms with Crippen LogP contribution >= 0.6 is 0 Å². The first-order valence-electron chi connectivity index (χ1n) is 9.62. The maximum atomic E-state index is 13.8. The number of hydrogen-bond donors (Lipinski definition) is 5. The average Bonchev–Trinajstić information content (AvgIpc) is 2.66. The van der Waals surface area contributed by atoms with Crippen LogP contribution in [-0.2, 0) is 16.0 Å². The third-order valence-corrected chi connectivity index (χ3v) is 5.79. The third kappa shape index (κ3) is 4.47. The largest absolute Gasteiger partial charge is 0.360 e. The molecule has 1 aromatic carbocycles. The van der Waals surface area contributed by atoms with E-state index >= 15 is 0 Å². The first-order chi connectivity index (χ1) is 13.8. The standard InChI is InChI=1S/C19H26F2N2O7/c1-12-16(24)23(18(25,26)19(27,28)29)11-17(30-12)5-8-22(9-6-17)7-4-13-10-14(20)2-3-15(13)21/h2-3,10,12,25-29H,4-9,11H2,1H3/t12-/m1/s1. The van der Waals surface area contributed by atoms with E-state index in [9.17, 15) is 39.1 Å². The molecule has 5 N–H and O–H groups in total. The number of piperidine rings is 1. The SMILES string of the molecule is C[C@H]1OC2(CCN(CCc3cc(F)ccc3F)CC2)CN(C(O)(O)C(O)(O)O)C1=O. The van der Waals surface area contributed by atoms with Crippen molar-refractivity contribution < 1.29 is 43.8 Å². The van der Waals surface area contributed by atoms with E-state index in [-0.39, 0.29) is 12.1 Å². The molecule has 2 fully saturated rings. The van der Waals surface area contributed by atoms with Gasteiger partial charge in [-0.3, -0.25) is 9.69 Å². The molecule has 0 saturated carbocycles. The van der Waals surface area contributed by atoms with Crippen LogP contribution in [0.3, 0.4) is 0 Å². The minimum absolute atomic E-state index is 0.269. The summed E-state index contributed by atoms with van der Waals surface area (Å²) in [4.78, 5) is 14.7. The van der Waals surface area contributed by atoms with Gasteiger partial charge in [-0.25, -0.2) is 8.78 Å². The molecule has 2 saturated heterocycles. The van der Waals surface area contributed by atoms with E-state index in [1.54, 1.807) is 0 Å². The van der Waals surface area contributed by atoms with Gasteiger partial charge in [0.25, 0.3) is 5.91 Å². The number of likely N-dealkylation sites (tertiary alicyclic amines) is 1. The van der Waals surface area contributed by atoms with Gasteiger partial charge in [0.05, 0.1) is 12.1 Å². The van der Waals surface area contributed by atoms with Crippen LogP contribution in [0.25, 0.3) is 0 Å².